The fourth-order valence-electron chi connectivity index (χ4n) is 2.82. The third-order valence-electron chi connectivity index (χ3n) is 3.57. The molecule has 2 aliphatic heterocycles. The zero-order valence-corrected chi connectivity index (χ0v) is 10.3. The van der Waals surface area contributed by atoms with Gasteiger partial charge in [0, 0.05) is 19.0 Å². The van der Waals surface area contributed by atoms with E-state index in [-0.39, 0.29) is 18.0 Å². The average molecular weight is 256 g/mol. The molecule has 2 atom stereocenters. The van der Waals surface area contributed by atoms with Gasteiger partial charge in [-0.3, -0.25) is 0 Å². The van der Waals surface area contributed by atoms with Gasteiger partial charge < -0.3 is 9.64 Å². The van der Waals surface area contributed by atoms with Gasteiger partial charge in [0.1, 0.15) is 5.82 Å². The van der Waals surface area contributed by atoms with Crippen molar-refractivity contribution < 1.29 is 9.13 Å². The molecule has 0 amide bonds. The minimum Gasteiger partial charge on any atom is -0.371 e. The van der Waals surface area contributed by atoms with Crippen LogP contribution in [0.4, 0.5) is 10.1 Å². The van der Waals surface area contributed by atoms with Crippen molar-refractivity contribution in [2.45, 2.75) is 30.9 Å². The Morgan fingerprint density at radius 1 is 1.29 bits per heavy atom. The predicted molar refractivity (Wildman–Crippen MR) is 66.1 cm³/mol. The predicted octanol–water partition coefficient (Wildman–Crippen LogP) is 2.93. The maximum absolute atomic E-state index is 14.0. The molecule has 0 aromatic heterocycles. The summed E-state index contributed by atoms with van der Waals surface area (Å²) in [6.45, 7) is 1.56. The molecule has 2 saturated heterocycles. The fourth-order valence-corrected chi connectivity index (χ4v) is 3.04. The first kappa shape index (κ1) is 11.3. The Morgan fingerprint density at radius 2 is 2.00 bits per heavy atom. The quantitative estimate of drug-likeness (QED) is 0.754. The summed E-state index contributed by atoms with van der Waals surface area (Å²) in [7, 11) is 0. The smallest absolute Gasteiger partial charge is 0.146 e. The van der Waals surface area contributed by atoms with E-state index in [1.54, 1.807) is 6.07 Å². The highest BCUT2D eigenvalue weighted by Crippen LogP contribution is 2.33. The van der Waals surface area contributed by atoms with Crippen molar-refractivity contribution in [3.8, 4) is 0 Å². The summed E-state index contributed by atoms with van der Waals surface area (Å²) in [5, 5.41) is 0. The summed E-state index contributed by atoms with van der Waals surface area (Å²) in [5.41, 5.74) is 1.54. The van der Waals surface area contributed by atoms with Gasteiger partial charge in [-0.2, -0.15) is 0 Å². The molecule has 17 heavy (non-hydrogen) atoms. The minimum absolute atomic E-state index is 0.176. The first-order valence-corrected chi connectivity index (χ1v) is 6.55. The molecular formula is C13H15ClFNO. The molecule has 1 aromatic carbocycles. The Hall–Kier alpha value is -0.800. The second-order valence-electron chi connectivity index (χ2n) is 4.74. The zero-order valence-electron chi connectivity index (χ0n) is 9.53. The number of ether oxygens (including phenoxy) is 1. The Labute approximate surface area is 105 Å². The Morgan fingerprint density at radius 3 is 2.65 bits per heavy atom. The maximum atomic E-state index is 14.0. The molecule has 4 heteroatoms. The summed E-state index contributed by atoms with van der Waals surface area (Å²) < 4.78 is 19.7. The number of hydrogen-bond acceptors (Lipinski definition) is 2. The molecule has 0 saturated carbocycles. The van der Waals surface area contributed by atoms with Gasteiger partial charge in [0.15, 0.2) is 0 Å². The molecule has 0 spiro atoms. The van der Waals surface area contributed by atoms with Crippen LogP contribution in [0.1, 0.15) is 18.4 Å². The number of anilines is 1. The number of nitrogens with zero attached hydrogens (tertiary/aromatic N) is 1. The number of halogens is 2. The molecule has 2 unspecified atom stereocenters. The van der Waals surface area contributed by atoms with E-state index < -0.39 is 0 Å². The van der Waals surface area contributed by atoms with Crippen LogP contribution in [0.3, 0.4) is 0 Å². The van der Waals surface area contributed by atoms with E-state index >= 15 is 0 Å². The van der Waals surface area contributed by atoms with Gasteiger partial charge in [0.2, 0.25) is 0 Å². The summed E-state index contributed by atoms with van der Waals surface area (Å²) in [4.78, 5) is 2.10. The van der Waals surface area contributed by atoms with E-state index in [9.17, 15) is 4.39 Å². The highest BCUT2D eigenvalue weighted by atomic mass is 35.5. The second kappa shape index (κ2) is 4.46. The lowest BCUT2D eigenvalue weighted by Gasteiger charge is -2.35. The lowest BCUT2D eigenvalue weighted by Crippen LogP contribution is -2.43. The zero-order chi connectivity index (χ0) is 11.8. The maximum Gasteiger partial charge on any atom is 0.146 e. The van der Waals surface area contributed by atoms with Crippen LogP contribution in [0.2, 0.25) is 0 Å². The van der Waals surface area contributed by atoms with Crippen LogP contribution in [-0.2, 0) is 10.6 Å². The standard InChI is InChI=1S/C13H15ClFNO/c14-6-9-2-1-3-12(15)13(9)16-7-10-4-5-11(8-16)17-10/h1-3,10-11H,4-8H2. The Balaban J connectivity index is 1.93. The van der Waals surface area contributed by atoms with Gasteiger partial charge in [-0.05, 0) is 24.5 Å². The van der Waals surface area contributed by atoms with Crippen molar-refractivity contribution in [3.05, 3.63) is 29.6 Å². The SMILES string of the molecule is Fc1cccc(CCl)c1N1CC2CCC(C1)O2. The summed E-state index contributed by atoms with van der Waals surface area (Å²) in [6.07, 6.45) is 2.70. The molecule has 0 N–H and O–H groups in total. The van der Waals surface area contributed by atoms with E-state index in [4.69, 9.17) is 16.3 Å². The first-order chi connectivity index (χ1) is 8.28. The molecule has 3 rings (SSSR count). The number of alkyl halides is 1. The number of para-hydroxylation sites is 1. The van der Waals surface area contributed by atoms with Crippen molar-refractivity contribution in [1.29, 1.82) is 0 Å². The van der Waals surface area contributed by atoms with E-state index in [1.165, 1.54) is 6.07 Å². The number of benzene rings is 1. The molecule has 2 nitrogen and oxygen atoms in total. The second-order valence-corrected chi connectivity index (χ2v) is 5.01. The van der Waals surface area contributed by atoms with Crippen molar-refractivity contribution >= 4 is 17.3 Å². The van der Waals surface area contributed by atoms with Crippen LogP contribution in [0.25, 0.3) is 0 Å². The lowest BCUT2D eigenvalue weighted by molar-refractivity contribution is 0.0302. The molecule has 0 aliphatic carbocycles. The highest BCUT2D eigenvalue weighted by molar-refractivity contribution is 6.17. The third kappa shape index (κ3) is 2.02. The van der Waals surface area contributed by atoms with Gasteiger partial charge in [-0.1, -0.05) is 12.1 Å². The van der Waals surface area contributed by atoms with Crippen LogP contribution >= 0.6 is 11.6 Å². The Kier molecular flexibility index (Phi) is 2.97. The van der Waals surface area contributed by atoms with Crippen molar-refractivity contribution in [2.75, 3.05) is 18.0 Å². The van der Waals surface area contributed by atoms with Crippen LogP contribution in [0, 0.1) is 5.82 Å². The molecule has 1 aromatic rings. The Bertz CT molecular complexity index is 414. The van der Waals surface area contributed by atoms with Gasteiger partial charge in [-0.15, -0.1) is 11.6 Å². The molecular weight excluding hydrogens is 241 g/mol. The van der Waals surface area contributed by atoms with Gasteiger partial charge >= 0.3 is 0 Å². The van der Waals surface area contributed by atoms with E-state index in [2.05, 4.69) is 4.90 Å². The minimum atomic E-state index is -0.176. The topological polar surface area (TPSA) is 12.5 Å². The molecule has 2 fully saturated rings. The number of hydrogen-bond donors (Lipinski definition) is 0. The van der Waals surface area contributed by atoms with Crippen LogP contribution in [0.15, 0.2) is 18.2 Å². The average Bonchev–Trinajstić information content (AvgIpc) is 2.68. The number of rotatable bonds is 2. The molecule has 0 radical (unpaired) electrons. The van der Waals surface area contributed by atoms with Crippen molar-refractivity contribution in [2.24, 2.45) is 0 Å². The van der Waals surface area contributed by atoms with Crippen molar-refractivity contribution in [3.63, 3.8) is 0 Å². The largest absolute Gasteiger partial charge is 0.371 e. The first-order valence-electron chi connectivity index (χ1n) is 6.01. The summed E-state index contributed by atoms with van der Waals surface area (Å²) in [5.74, 6) is 0.171. The fraction of sp³-hybridized carbons (Fsp3) is 0.538. The summed E-state index contributed by atoms with van der Waals surface area (Å²) >= 11 is 5.89. The van der Waals surface area contributed by atoms with Crippen LogP contribution in [0.5, 0.6) is 0 Å². The van der Waals surface area contributed by atoms with Gasteiger partial charge in [-0.25, -0.2) is 4.39 Å². The molecule has 2 bridgehead atoms. The lowest BCUT2D eigenvalue weighted by atomic mass is 10.1. The molecule has 2 heterocycles. The normalized spacial score (nSPS) is 27.5. The highest BCUT2D eigenvalue weighted by Gasteiger charge is 2.35. The van der Waals surface area contributed by atoms with E-state index in [1.807, 2.05) is 6.07 Å². The molecule has 2 aliphatic rings. The molecule has 92 valence electrons. The van der Waals surface area contributed by atoms with Crippen LogP contribution in [-0.4, -0.2) is 25.3 Å². The van der Waals surface area contributed by atoms with Gasteiger partial charge in [0.25, 0.3) is 0 Å². The number of morpholine rings is 1. The third-order valence-corrected chi connectivity index (χ3v) is 3.86. The monoisotopic (exact) mass is 255 g/mol. The number of fused-ring (bicyclic) bond motifs is 2. The van der Waals surface area contributed by atoms with Crippen LogP contribution < -0.4 is 4.90 Å². The van der Waals surface area contributed by atoms with E-state index in [0.717, 1.165) is 31.5 Å². The van der Waals surface area contributed by atoms with Crippen molar-refractivity contribution in [1.82, 2.24) is 0 Å². The summed E-state index contributed by atoms with van der Waals surface area (Å²) in [6, 6.07) is 5.11. The van der Waals surface area contributed by atoms with Gasteiger partial charge in [0.05, 0.1) is 17.9 Å². The van der Waals surface area contributed by atoms with E-state index in [0.29, 0.717) is 11.6 Å².